The third-order valence-electron chi connectivity index (χ3n) is 4.71. The third-order valence-corrected chi connectivity index (χ3v) is 4.71. The smallest absolute Gasteiger partial charge is 0.326 e. The summed E-state index contributed by atoms with van der Waals surface area (Å²) in [6.45, 7) is 7.41. The van der Waals surface area contributed by atoms with Gasteiger partial charge in [-0.1, -0.05) is 45.9 Å². The van der Waals surface area contributed by atoms with Crippen LogP contribution in [0.4, 0.5) is 0 Å². The number of benzene rings is 1. The van der Waals surface area contributed by atoms with Crippen molar-refractivity contribution in [2.24, 2.45) is 18.4 Å². The molecule has 2 atom stereocenters. The maximum Gasteiger partial charge on any atom is 0.326 e. The summed E-state index contributed by atoms with van der Waals surface area (Å²) in [5, 5.41) is 13.3. The first-order valence-corrected chi connectivity index (χ1v) is 8.71. The normalized spacial score (nSPS) is 14.3. The Kier molecular flexibility index (Phi) is 5.55. The molecule has 0 saturated carbocycles. The summed E-state index contributed by atoms with van der Waals surface area (Å²) >= 11 is 0. The van der Waals surface area contributed by atoms with Crippen molar-refractivity contribution < 1.29 is 14.7 Å². The minimum atomic E-state index is -0.999. The fraction of sp³-hybridized carbons (Fsp3) is 0.500. The molecule has 5 heteroatoms. The number of carbonyl (C=O) groups is 2. The molecule has 2 aromatic rings. The van der Waals surface area contributed by atoms with Gasteiger partial charge < -0.3 is 15.0 Å². The average molecular weight is 344 g/mol. The first kappa shape index (κ1) is 19.0. The van der Waals surface area contributed by atoms with Gasteiger partial charge in [0.1, 0.15) is 6.04 Å². The number of amides is 1. The Labute approximate surface area is 149 Å². The average Bonchev–Trinajstić information content (AvgIpc) is 2.85. The number of nitrogens with one attached hydrogen (secondary N) is 1. The molecule has 1 amide bonds. The molecule has 0 aliphatic carbocycles. The maximum absolute atomic E-state index is 12.7. The summed E-state index contributed by atoms with van der Waals surface area (Å²) in [5.74, 6) is -1.45. The van der Waals surface area contributed by atoms with E-state index in [-0.39, 0.29) is 11.8 Å². The molecular weight excluding hydrogens is 316 g/mol. The summed E-state index contributed by atoms with van der Waals surface area (Å²) in [7, 11) is 1.99. The molecule has 1 aromatic heterocycles. The number of carboxylic acid groups (broad SMARTS) is 1. The number of hydrogen-bond acceptors (Lipinski definition) is 2. The number of aliphatic carboxylic acids is 1. The van der Waals surface area contributed by atoms with Crippen LogP contribution in [0.15, 0.2) is 30.5 Å². The van der Waals surface area contributed by atoms with Crippen molar-refractivity contribution in [1.82, 2.24) is 9.88 Å². The number of hydrogen-bond donors (Lipinski definition) is 2. The van der Waals surface area contributed by atoms with Crippen LogP contribution in [0.25, 0.3) is 10.9 Å². The summed E-state index contributed by atoms with van der Waals surface area (Å²) in [6, 6.07) is 7.20. The predicted octanol–water partition coefficient (Wildman–Crippen LogP) is 3.36. The Bertz CT molecular complexity index is 771. The standard InChI is InChI=1S/C20H28N2O3/c1-6-13(18(23)21-17(19(24)25)20(2,3)4)11-14-12-22(5)16-10-8-7-9-15(14)16/h7-10,12-13,17H,6,11H2,1-5H3,(H,21,23)(H,24,25)/t13-,17+/m0/s1. The molecule has 0 saturated heterocycles. The lowest BCUT2D eigenvalue weighted by molar-refractivity contribution is -0.145. The van der Waals surface area contributed by atoms with Crippen LogP contribution in [0, 0.1) is 11.3 Å². The zero-order chi connectivity index (χ0) is 18.8. The molecule has 0 spiro atoms. The molecule has 0 unspecified atom stereocenters. The van der Waals surface area contributed by atoms with E-state index in [4.69, 9.17) is 0 Å². The van der Waals surface area contributed by atoms with Gasteiger partial charge in [-0.25, -0.2) is 4.79 Å². The topological polar surface area (TPSA) is 71.3 Å². The molecule has 1 aromatic carbocycles. The van der Waals surface area contributed by atoms with Crippen molar-refractivity contribution in [3.05, 3.63) is 36.0 Å². The van der Waals surface area contributed by atoms with E-state index in [1.54, 1.807) is 0 Å². The SMILES string of the molecule is CC[C@@H](Cc1cn(C)c2ccccc12)C(=O)N[C@H](C(=O)O)C(C)(C)C. The van der Waals surface area contributed by atoms with E-state index in [1.807, 2.05) is 46.9 Å². The van der Waals surface area contributed by atoms with Gasteiger partial charge in [-0.05, 0) is 29.9 Å². The molecular formula is C20H28N2O3. The van der Waals surface area contributed by atoms with Gasteiger partial charge in [-0.15, -0.1) is 0 Å². The monoisotopic (exact) mass is 344 g/mol. The second kappa shape index (κ2) is 7.30. The van der Waals surface area contributed by atoms with E-state index in [1.165, 1.54) is 0 Å². The van der Waals surface area contributed by atoms with Crippen LogP contribution >= 0.6 is 0 Å². The summed E-state index contributed by atoms with van der Waals surface area (Å²) < 4.78 is 2.06. The number of rotatable bonds is 6. The molecule has 0 aliphatic rings. The van der Waals surface area contributed by atoms with Crippen molar-refractivity contribution in [3.8, 4) is 0 Å². The van der Waals surface area contributed by atoms with E-state index in [9.17, 15) is 14.7 Å². The molecule has 1 heterocycles. The number of fused-ring (bicyclic) bond motifs is 1. The number of aryl methyl sites for hydroxylation is 1. The van der Waals surface area contributed by atoms with Crippen molar-refractivity contribution in [2.75, 3.05) is 0 Å². The quantitative estimate of drug-likeness (QED) is 0.844. The Balaban J connectivity index is 2.21. The Morgan fingerprint density at radius 2 is 1.88 bits per heavy atom. The van der Waals surface area contributed by atoms with Gasteiger partial charge in [0.2, 0.25) is 5.91 Å². The van der Waals surface area contributed by atoms with Crippen LogP contribution in [0.5, 0.6) is 0 Å². The Hall–Kier alpha value is -2.30. The van der Waals surface area contributed by atoms with Crippen molar-refractivity contribution in [1.29, 1.82) is 0 Å². The van der Waals surface area contributed by atoms with Gasteiger partial charge in [0.15, 0.2) is 0 Å². The fourth-order valence-electron chi connectivity index (χ4n) is 3.18. The first-order valence-electron chi connectivity index (χ1n) is 8.71. The van der Waals surface area contributed by atoms with Gasteiger partial charge in [0.25, 0.3) is 0 Å². The highest BCUT2D eigenvalue weighted by Crippen LogP contribution is 2.25. The van der Waals surface area contributed by atoms with Gasteiger partial charge >= 0.3 is 5.97 Å². The molecule has 2 N–H and O–H groups in total. The minimum absolute atomic E-state index is 0.197. The highest BCUT2D eigenvalue weighted by atomic mass is 16.4. The summed E-state index contributed by atoms with van der Waals surface area (Å²) in [4.78, 5) is 24.2. The Morgan fingerprint density at radius 3 is 2.44 bits per heavy atom. The van der Waals surface area contributed by atoms with Crippen LogP contribution < -0.4 is 5.32 Å². The van der Waals surface area contributed by atoms with Gasteiger partial charge in [0.05, 0.1) is 0 Å². The molecule has 0 fully saturated rings. The lowest BCUT2D eigenvalue weighted by Gasteiger charge is -2.29. The number of nitrogens with zero attached hydrogens (tertiary/aromatic N) is 1. The van der Waals surface area contributed by atoms with Crippen LogP contribution in [-0.2, 0) is 23.1 Å². The van der Waals surface area contributed by atoms with Crippen LogP contribution in [0.1, 0.15) is 39.7 Å². The number of aromatic nitrogens is 1. The van der Waals surface area contributed by atoms with Crippen molar-refractivity contribution >= 4 is 22.8 Å². The molecule has 25 heavy (non-hydrogen) atoms. The highest BCUT2D eigenvalue weighted by molar-refractivity contribution is 5.87. The van der Waals surface area contributed by atoms with E-state index in [0.29, 0.717) is 12.8 Å². The zero-order valence-electron chi connectivity index (χ0n) is 15.7. The molecule has 5 nitrogen and oxygen atoms in total. The molecule has 0 radical (unpaired) electrons. The van der Waals surface area contributed by atoms with Crippen LogP contribution in [0.2, 0.25) is 0 Å². The second-order valence-electron chi connectivity index (χ2n) is 7.74. The van der Waals surface area contributed by atoms with Gasteiger partial charge in [0, 0.05) is 30.1 Å². The lowest BCUT2D eigenvalue weighted by Crippen LogP contribution is -2.51. The lowest BCUT2D eigenvalue weighted by atomic mass is 9.86. The zero-order valence-corrected chi connectivity index (χ0v) is 15.7. The van der Waals surface area contributed by atoms with E-state index >= 15 is 0 Å². The van der Waals surface area contributed by atoms with Gasteiger partial charge in [-0.3, -0.25) is 4.79 Å². The highest BCUT2D eigenvalue weighted by Gasteiger charge is 2.34. The van der Waals surface area contributed by atoms with E-state index in [2.05, 4.69) is 28.2 Å². The third kappa shape index (κ3) is 4.21. The van der Waals surface area contributed by atoms with E-state index < -0.39 is 17.4 Å². The number of para-hydroxylation sites is 1. The maximum atomic E-state index is 12.7. The predicted molar refractivity (Wildman–Crippen MR) is 99.4 cm³/mol. The largest absolute Gasteiger partial charge is 0.480 e. The number of carbonyl (C=O) groups excluding carboxylic acids is 1. The molecule has 0 bridgehead atoms. The van der Waals surface area contributed by atoms with Crippen LogP contribution in [0.3, 0.4) is 0 Å². The van der Waals surface area contributed by atoms with E-state index in [0.717, 1.165) is 16.5 Å². The summed E-state index contributed by atoms with van der Waals surface area (Å²) in [5.41, 5.74) is 1.70. The van der Waals surface area contributed by atoms with Gasteiger partial charge in [-0.2, -0.15) is 0 Å². The number of carboxylic acids is 1. The minimum Gasteiger partial charge on any atom is -0.480 e. The fourth-order valence-corrected chi connectivity index (χ4v) is 3.18. The van der Waals surface area contributed by atoms with Crippen molar-refractivity contribution in [2.45, 2.75) is 46.6 Å². The summed E-state index contributed by atoms with van der Waals surface area (Å²) in [6.07, 6.45) is 3.31. The Morgan fingerprint density at radius 1 is 1.24 bits per heavy atom. The molecule has 2 rings (SSSR count). The molecule has 136 valence electrons. The van der Waals surface area contributed by atoms with Crippen molar-refractivity contribution in [3.63, 3.8) is 0 Å². The second-order valence-corrected chi connectivity index (χ2v) is 7.74. The molecule has 0 aliphatic heterocycles. The van der Waals surface area contributed by atoms with Crippen LogP contribution in [-0.4, -0.2) is 27.6 Å². The first-order chi connectivity index (χ1) is 11.6.